The summed E-state index contributed by atoms with van der Waals surface area (Å²) in [7, 11) is -7.39. The molecular formula is C25H28N2O6S2. The van der Waals surface area contributed by atoms with Crippen molar-refractivity contribution in [1.82, 2.24) is 5.32 Å². The molecule has 0 aliphatic rings. The lowest BCUT2D eigenvalue weighted by molar-refractivity contribution is -0.120. The van der Waals surface area contributed by atoms with E-state index in [0.29, 0.717) is 23.6 Å². The van der Waals surface area contributed by atoms with E-state index in [2.05, 4.69) is 5.32 Å². The minimum Gasteiger partial charge on any atom is -0.494 e. The normalized spacial score (nSPS) is 12.5. The Balaban J connectivity index is 1.82. The van der Waals surface area contributed by atoms with Crippen LogP contribution in [-0.4, -0.2) is 42.2 Å². The number of benzene rings is 3. The molecule has 3 aromatic rings. The number of anilines is 1. The molecule has 0 aliphatic carbocycles. The Kier molecular flexibility index (Phi) is 8.18. The smallest absolute Gasteiger partial charge is 0.264 e. The van der Waals surface area contributed by atoms with Crippen molar-refractivity contribution >= 4 is 31.5 Å². The van der Waals surface area contributed by atoms with Gasteiger partial charge in [0.25, 0.3) is 10.0 Å². The van der Waals surface area contributed by atoms with Gasteiger partial charge in [0.05, 0.1) is 28.1 Å². The minimum atomic E-state index is -4.05. The number of ether oxygens (including phenoxy) is 1. The van der Waals surface area contributed by atoms with Crippen molar-refractivity contribution in [3.8, 4) is 5.75 Å². The first-order valence-electron chi connectivity index (χ1n) is 10.9. The number of nitrogens with zero attached hydrogens (tertiary/aromatic N) is 1. The van der Waals surface area contributed by atoms with Gasteiger partial charge >= 0.3 is 0 Å². The topological polar surface area (TPSA) is 110 Å². The number of hydrogen-bond donors (Lipinski definition) is 1. The van der Waals surface area contributed by atoms with Crippen molar-refractivity contribution in [3.63, 3.8) is 0 Å². The molecule has 0 spiro atoms. The van der Waals surface area contributed by atoms with Gasteiger partial charge in [-0.15, -0.1) is 0 Å². The Labute approximate surface area is 206 Å². The molecule has 0 heterocycles. The molecule has 0 saturated heterocycles. The van der Waals surface area contributed by atoms with E-state index in [1.54, 1.807) is 61.5 Å². The van der Waals surface area contributed by atoms with Gasteiger partial charge in [-0.2, -0.15) is 0 Å². The number of sulfone groups is 1. The van der Waals surface area contributed by atoms with Crippen LogP contribution in [0, 0.1) is 0 Å². The summed E-state index contributed by atoms with van der Waals surface area (Å²) in [5.41, 5.74) is 1.04. The predicted octanol–water partition coefficient (Wildman–Crippen LogP) is 3.56. The van der Waals surface area contributed by atoms with Crippen molar-refractivity contribution in [2.24, 2.45) is 0 Å². The average molecular weight is 517 g/mol. The van der Waals surface area contributed by atoms with Crippen molar-refractivity contribution < 1.29 is 26.4 Å². The molecule has 3 aromatic carbocycles. The molecule has 8 nitrogen and oxygen atoms in total. The molecule has 0 aliphatic heterocycles. The SMILES string of the molecule is CCOc1ccc(S(=O)(=O)N(CC(=O)N[C@H](C)c2ccc(S(C)(=O)=O)cc2)c2ccccc2)cc1. The van der Waals surface area contributed by atoms with Crippen molar-refractivity contribution in [1.29, 1.82) is 0 Å². The van der Waals surface area contributed by atoms with Crippen LogP contribution in [0.5, 0.6) is 5.75 Å². The number of amides is 1. The average Bonchev–Trinajstić information content (AvgIpc) is 2.83. The maximum absolute atomic E-state index is 13.5. The summed E-state index contributed by atoms with van der Waals surface area (Å²) in [4.78, 5) is 13.1. The van der Waals surface area contributed by atoms with E-state index in [0.717, 1.165) is 10.6 Å². The molecule has 0 radical (unpaired) electrons. The number of hydrogen-bond acceptors (Lipinski definition) is 6. The van der Waals surface area contributed by atoms with E-state index in [9.17, 15) is 21.6 Å². The van der Waals surface area contributed by atoms with E-state index in [4.69, 9.17) is 4.74 Å². The highest BCUT2D eigenvalue weighted by Gasteiger charge is 2.27. The molecule has 1 amide bonds. The Morgan fingerprint density at radius 3 is 2.00 bits per heavy atom. The highest BCUT2D eigenvalue weighted by atomic mass is 32.2. The first kappa shape index (κ1) is 26.2. The van der Waals surface area contributed by atoms with Gasteiger partial charge in [0, 0.05) is 6.26 Å². The maximum atomic E-state index is 13.5. The number of carbonyl (C=O) groups excluding carboxylic acids is 1. The lowest BCUT2D eigenvalue weighted by Crippen LogP contribution is -2.41. The highest BCUT2D eigenvalue weighted by Crippen LogP contribution is 2.25. The third-order valence-corrected chi connectivity index (χ3v) is 8.16. The van der Waals surface area contributed by atoms with E-state index >= 15 is 0 Å². The van der Waals surface area contributed by atoms with Crippen LogP contribution in [0.2, 0.25) is 0 Å². The Bertz CT molecular complexity index is 1360. The Morgan fingerprint density at radius 2 is 1.46 bits per heavy atom. The van der Waals surface area contributed by atoms with Gasteiger partial charge < -0.3 is 10.1 Å². The fourth-order valence-corrected chi connectivity index (χ4v) is 5.47. The summed E-state index contributed by atoms with van der Waals surface area (Å²) in [5.74, 6) is 0.0363. The van der Waals surface area contributed by atoms with Crippen LogP contribution in [0.15, 0.2) is 88.7 Å². The largest absolute Gasteiger partial charge is 0.494 e. The first-order valence-corrected chi connectivity index (χ1v) is 14.3. The lowest BCUT2D eigenvalue weighted by Gasteiger charge is -2.25. The molecule has 186 valence electrons. The lowest BCUT2D eigenvalue weighted by atomic mass is 10.1. The third-order valence-electron chi connectivity index (χ3n) is 5.24. The molecule has 35 heavy (non-hydrogen) atoms. The molecule has 0 fully saturated rings. The summed E-state index contributed by atoms with van der Waals surface area (Å²) >= 11 is 0. The molecule has 0 bridgehead atoms. The van der Waals surface area contributed by atoms with Crippen LogP contribution in [0.1, 0.15) is 25.5 Å². The van der Waals surface area contributed by atoms with Gasteiger partial charge in [0.2, 0.25) is 5.91 Å². The van der Waals surface area contributed by atoms with E-state index in [1.165, 1.54) is 24.3 Å². The van der Waals surface area contributed by atoms with Crippen LogP contribution in [0.25, 0.3) is 0 Å². The molecule has 10 heteroatoms. The van der Waals surface area contributed by atoms with Gasteiger partial charge in [-0.1, -0.05) is 30.3 Å². The number of sulfonamides is 1. The second kappa shape index (κ2) is 10.9. The fraction of sp³-hybridized carbons (Fsp3) is 0.240. The molecule has 0 saturated carbocycles. The summed E-state index contributed by atoms with van der Waals surface area (Å²) in [5, 5.41) is 2.79. The number of rotatable bonds is 10. The zero-order valence-corrected chi connectivity index (χ0v) is 21.3. The van der Waals surface area contributed by atoms with Crippen LogP contribution in [0.3, 0.4) is 0 Å². The summed E-state index contributed by atoms with van der Waals surface area (Å²) in [6, 6.07) is 20.1. The minimum absolute atomic E-state index is 0.0296. The Hall–Kier alpha value is -3.37. The number of carbonyl (C=O) groups is 1. The fourth-order valence-electron chi connectivity index (χ4n) is 3.42. The maximum Gasteiger partial charge on any atom is 0.264 e. The van der Waals surface area contributed by atoms with E-state index in [-0.39, 0.29) is 9.79 Å². The van der Waals surface area contributed by atoms with Crippen LogP contribution >= 0.6 is 0 Å². The highest BCUT2D eigenvalue weighted by molar-refractivity contribution is 7.93. The summed E-state index contributed by atoms with van der Waals surface area (Å²) in [6.07, 6.45) is 1.12. The van der Waals surface area contributed by atoms with Crippen LogP contribution in [0.4, 0.5) is 5.69 Å². The van der Waals surface area contributed by atoms with Crippen LogP contribution in [-0.2, 0) is 24.7 Å². The van der Waals surface area contributed by atoms with Gasteiger partial charge in [-0.25, -0.2) is 16.8 Å². The third kappa shape index (κ3) is 6.61. The molecular weight excluding hydrogens is 488 g/mol. The first-order chi connectivity index (χ1) is 16.5. The second-order valence-electron chi connectivity index (χ2n) is 7.88. The van der Waals surface area contributed by atoms with Crippen molar-refractivity contribution in [2.45, 2.75) is 29.7 Å². The van der Waals surface area contributed by atoms with Crippen molar-refractivity contribution in [3.05, 3.63) is 84.4 Å². The molecule has 1 N–H and O–H groups in total. The van der Waals surface area contributed by atoms with Gasteiger partial charge in [-0.05, 0) is 67.9 Å². The van der Waals surface area contributed by atoms with Gasteiger partial charge in [-0.3, -0.25) is 9.10 Å². The monoisotopic (exact) mass is 516 g/mol. The standard InChI is InChI=1S/C25H28N2O6S2/c1-4-33-22-12-16-24(17-13-22)35(31,32)27(21-8-6-5-7-9-21)18-25(28)26-19(2)20-10-14-23(15-11-20)34(3,29)30/h5-17,19H,4,18H2,1-3H3,(H,26,28)/t19-/m1/s1. The van der Waals surface area contributed by atoms with E-state index < -0.39 is 38.4 Å². The molecule has 0 unspecified atom stereocenters. The Morgan fingerprint density at radius 1 is 0.886 bits per heavy atom. The summed E-state index contributed by atoms with van der Waals surface area (Å²) < 4.78 is 56.7. The quantitative estimate of drug-likeness (QED) is 0.441. The van der Waals surface area contributed by atoms with E-state index in [1.807, 2.05) is 6.92 Å². The zero-order valence-electron chi connectivity index (χ0n) is 19.7. The second-order valence-corrected chi connectivity index (χ2v) is 11.8. The molecule has 3 rings (SSSR count). The zero-order chi connectivity index (χ0) is 25.6. The predicted molar refractivity (Wildman–Crippen MR) is 135 cm³/mol. The number of para-hydroxylation sites is 1. The molecule has 1 atom stereocenters. The van der Waals surface area contributed by atoms with Gasteiger partial charge in [0.15, 0.2) is 9.84 Å². The molecule has 0 aromatic heterocycles. The van der Waals surface area contributed by atoms with Gasteiger partial charge in [0.1, 0.15) is 12.3 Å². The van der Waals surface area contributed by atoms with Crippen LogP contribution < -0.4 is 14.4 Å². The number of nitrogens with one attached hydrogen (secondary N) is 1. The summed E-state index contributed by atoms with van der Waals surface area (Å²) in [6.45, 7) is 3.59. The van der Waals surface area contributed by atoms with Crippen molar-refractivity contribution in [2.75, 3.05) is 23.7 Å².